The van der Waals surface area contributed by atoms with E-state index in [0.717, 1.165) is 22.9 Å². The number of amides is 1. The summed E-state index contributed by atoms with van der Waals surface area (Å²) in [5.41, 5.74) is 9.40. The Morgan fingerprint density at radius 2 is 2.00 bits per heavy atom. The first kappa shape index (κ1) is 30.5. The van der Waals surface area contributed by atoms with Gasteiger partial charge >= 0.3 is 0 Å². The van der Waals surface area contributed by atoms with Crippen molar-refractivity contribution in [1.82, 2.24) is 15.1 Å². The minimum absolute atomic E-state index is 0.0538. The number of anilines is 2. The van der Waals surface area contributed by atoms with Gasteiger partial charge in [-0.15, -0.1) is 12.6 Å². The van der Waals surface area contributed by atoms with Gasteiger partial charge in [-0.2, -0.15) is 0 Å². The second-order valence-corrected chi connectivity index (χ2v) is 11.4. The molecule has 2 fully saturated rings. The first-order valence-corrected chi connectivity index (χ1v) is 14.0. The van der Waals surface area contributed by atoms with Crippen LogP contribution in [0.25, 0.3) is 5.70 Å². The Morgan fingerprint density at radius 3 is 2.66 bits per heavy atom. The van der Waals surface area contributed by atoms with E-state index in [4.69, 9.17) is 10.8 Å². The number of nitrogens with one attached hydrogen (secondary N) is 2. The Bertz CT molecular complexity index is 1070. The largest absolute Gasteiger partial charge is 0.397 e. The SMILES string of the molecule is C=C(C/C=C(/Br)C(C)NCO)C(=O)N1CCC[C@@H](Nc2c(N)cc(S)cc2C(=C)N2CCC(F)(F)CC2)C1. The number of aliphatic hydroxyl groups excluding tert-OH is 1. The van der Waals surface area contributed by atoms with Crippen LogP contribution in [-0.2, 0) is 4.79 Å². The monoisotopic (exact) mass is 613 g/mol. The Kier molecular flexibility index (Phi) is 10.7. The fourth-order valence-electron chi connectivity index (χ4n) is 4.74. The lowest BCUT2D eigenvalue weighted by Crippen LogP contribution is -2.45. The number of carbonyl (C=O) groups is 1. The molecule has 1 unspecified atom stereocenters. The van der Waals surface area contributed by atoms with Crippen LogP contribution < -0.4 is 16.4 Å². The predicted octanol–water partition coefficient (Wildman–Crippen LogP) is 4.82. The summed E-state index contributed by atoms with van der Waals surface area (Å²) in [7, 11) is 0. The van der Waals surface area contributed by atoms with Gasteiger partial charge in [-0.3, -0.25) is 10.1 Å². The minimum Gasteiger partial charge on any atom is -0.397 e. The standard InChI is InChI=1S/C27H38BrF2N5O2S/c1-17(6-7-23(28)18(2)32-16-36)26(37)35-10-4-5-20(15-35)33-25-22(13-21(38)14-24(25)31)19(3)34-11-8-27(29,30)9-12-34/h7,13-14,18,20,32-33,36,38H,1,3-6,8-12,15-16,31H2,2H3/b23-7+/t18?,20-/m1/s1. The van der Waals surface area contributed by atoms with E-state index in [2.05, 4.69) is 52.4 Å². The number of nitrogens with zero attached hydrogens (tertiary/aromatic N) is 2. The number of halogens is 3. The Labute approximate surface area is 237 Å². The highest BCUT2D eigenvalue weighted by molar-refractivity contribution is 9.11. The number of nitrogens with two attached hydrogens (primary N) is 1. The van der Waals surface area contributed by atoms with Crippen LogP contribution in [0.4, 0.5) is 20.2 Å². The second-order valence-electron chi connectivity index (χ2n) is 9.96. The molecule has 5 N–H and O–H groups in total. The summed E-state index contributed by atoms with van der Waals surface area (Å²) in [6.07, 6.45) is 3.50. The molecule has 2 atom stereocenters. The van der Waals surface area contributed by atoms with E-state index in [-0.39, 0.29) is 50.7 Å². The van der Waals surface area contributed by atoms with E-state index in [9.17, 15) is 13.6 Å². The Morgan fingerprint density at radius 1 is 1.32 bits per heavy atom. The number of carbonyl (C=O) groups excluding carboxylic acids is 1. The number of hydrogen-bond donors (Lipinski definition) is 5. The Balaban J connectivity index is 1.69. The van der Waals surface area contributed by atoms with E-state index in [1.807, 2.05) is 24.0 Å². The van der Waals surface area contributed by atoms with E-state index >= 15 is 0 Å². The molecule has 2 aliphatic heterocycles. The number of aliphatic hydroxyl groups is 1. The maximum atomic E-state index is 13.7. The molecular weight excluding hydrogens is 576 g/mol. The molecule has 0 aromatic heterocycles. The average Bonchev–Trinajstić information content (AvgIpc) is 2.87. The van der Waals surface area contributed by atoms with Crippen LogP contribution in [0, 0.1) is 0 Å². The van der Waals surface area contributed by atoms with E-state index < -0.39 is 5.92 Å². The number of nitrogen functional groups attached to an aromatic ring is 1. The van der Waals surface area contributed by atoms with Crippen molar-refractivity contribution in [3.8, 4) is 0 Å². The summed E-state index contributed by atoms with van der Waals surface area (Å²) in [6.45, 7) is 11.5. The smallest absolute Gasteiger partial charge is 0.251 e. The lowest BCUT2D eigenvalue weighted by atomic mass is 10.00. The summed E-state index contributed by atoms with van der Waals surface area (Å²) < 4.78 is 28.3. The maximum absolute atomic E-state index is 13.7. The third-order valence-electron chi connectivity index (χ3n) is 7.06. The van der Waals surface area contributed by atoms with Crippen molar-refractivity contribution in [2.75, 3.05) is 44.0 Å². The molecule has 2 aliphatic rings. The molecule has 0 saturated carbocycles. The van der Waals surface area contributed by atoms with Gasteiger partial charge in [-0.1, -0.05) is 35.2 Å². The average molecular weight is 615 g/mol. The summed E-state index contributed by atoms with van der Waals surface area (Å²) >= 11 is 7.95. The fourth-order valence-corrected chi connectivity index (χ4v) is 5.33. The van der Waals surface area contributed by atoms with Gasteiger partial charge in [0.2, 0.25) is 5.91 Å². The summed E-state index contributed by atoms with van der Waals surface area (Å²) in [6, 6.07) is 3.46. The molecule has 1 aromatic rings. The van der Waals surface area contributed by atoms with Gasteiger partial charge in [0.25, 0.3) is 5.92 Å². The minimum atomic E-state index is -2.65. The summed E-state index contributed by atoms with van der Waals surface area (Å²) in [4.78, 5) is 17.5. The van der Waals surface area contributed by atoms with Crippen LogP contribution >= 0.6 is 28.6 Å². The van der Waals surface area contributed by atoms with Crippen LogP contribution in [-0.4, -0.2) is 71.7 Å². The van der Waals surface area contributed by atoms with Gasteiger partial charge < -0.3 is 26.0 Å². The summed E-state index contributed by atoms with van der Waals surface area (Å²) in [5.74, 6) is -2.75. The molecule has 1 aromatic carbocycles. The van der Waals surface area contributed by atoms with Crippen molar-refractivity contribution in [1.29, 1.82) is 0 Å². The van der Waals surface area contributed by atoms with Crippen molar-refractivity contribution in [3.05, 3.63) is 47.0 Å². The van der Waals surface area contributed by atoms with Crippen LogP contribution in [0.5, 0.6) is 0 Å². The van der Waals surface area contributed by atoms with Crippen molar-refractivity contribution in [2.24, 2.45) is 0 Å². The third-order valence-corrected chi connectivity index (χ3v) is 8.32. The van der Waals surface area contributed by atoms with E-state index in [1.54, 1.807) is 11.0 Å². The van der Waals surface area contributed by atoms with Crippen LogP contribution in [0.1, 0.15) is 44.6 Å². The van der Waals surface area contributed by atoms with Crippen LogP contribution in [0.15, 0.2) is 46.3 Å². The molecule has 1 amide bonds. The molecule has 0 spiro atoms. The number of benzene rings is 1. The Hall–Kier alpha value is -2.08. The predicted molar refractivity (Wildman–Crippen MR) is 157 cm³/mol. The van der Waals surface area contributed by atoms with Gasteiger partial charge in [0.1, 0.15) is 0 Å². The topological polar surface area (TPSA) is 93.9 Å². The number of alkyl halides is 2. The van der Waals surface area contributed by atoms with Crippen LogP contribution in [0.2, 0.25) is 0 Å². The van der Waals surface area contributed by atoms with Gasteiger partial charge in [0.05, 0.1) is 18.1 Å². The molecule has 0 radical (unpaired) electrons. The molecule has 2 heterocycles. The van der Waals surface area contributed by atoms with Crippen molar-refractivity contribution >= 4 is 51.5 Å². The fraction of sp³-hybridized carbons (Fsp3) is 0.519. The third kappa shape index (κ3) is 7.97. The number of thiol groups is 1. The highest BCUT2D eigenvalue weighted by Crippen LogP contribution is 2.37. The molecule has 11 heteroatoms. The number of rotatable bonds is 10. The quantitative estimate of drug-likeness (QED) is 0.112. The molecule has 3 rings (SSSR count). The molecule has 0 aliphatic carbocycles. The number of hydrogen-bond acceptors (Lipinski definition) is 7. The van der Waals surface area contributed by atoms with Gasteiger partial charge in [-0.05, 0) is 38.3 Å². The maximum Gasteiger partial charge on any atom is 0.251 e. The molecule has 0 bridgehead atoms. The first-order valence-electron chi connectivity index (χ1n) is 12.8. The van der Waals surface area contributed by atoms with E-state index in [1.165, 1.54) is 0 Å². The molecule has 38 heavy (non-hydrogen) atoms. The highest BCUT2D eigenvalue weighted by Gasteiger charge is 2.35. The van der Waals surface area contributed by atoms with Crippen molar-refractivity contribution < 1.29 is 18.7 Å². The van der Waals surface area contributed by atoms with Gasteiger partial charge in [-0.25, -0.2) is 8.78 Å². The molecule has 210 valence electrons. The highest BCUT2D eigenvalue weighted by atomic mass is 79.9. The summed E-state index contributed by atoms with van der Waals surface area (Å²) in [5, 5.41) is 15.4. The molecular formula is C27H38BrF2N5O2S. The normalized spacial score (nSPS) is 20.7. The lowest BCUT2D eigenvalue weighted by molar-refractivity contribution is -0.128. The first-order chi connectivity index (χ1) is 17.9. The lowest BCUT2D eigenvalue weighted by Gasteiger charge is -2.37. The van der Waals surface area contributed by atoms with Gasteiger partial charge in [0, 0.05) is 77.3 Å². The second kappa shape index (κ2) is 13.3. The number of allylic oxidation sites excluding steroid dienone is 1. The zero-order valence-corrected chi connectivity index (χ0v) is 24.3. The molecule has 7 nitrogen and oxygen atoms in total. The number of likely N-dealkylation sites (tertiary alicyclic amines) is 2. The van der Waals surface area contributed by atoms with E-state index in [0.29, 0.717) is 47.1 Å². The van der Waals surface area contributed by atoms with Gasteiger partial charge in [0.15, 0.2) is 0 Å². The zero-order valence-electron chi connectivity index (χ0n) is 21.8. The van der Waals surface area contributed by atoms with Crippen LogP contribution in [0.3, 0.4) is 0 Å². The number of piperidine rings is 2. The van der Waals surface area contributed by atoms with Crippen molar-refractivity contribution in [2.45, 2.75) is 61.9 Å². The molecule has 2 saturated heterocycles. The zero-order chi connectivity index (χ0) is 28.0. The van der Waals surface area contributed by atoms with Crippen molar-refractivity contribution in [3.63, 3.8) is 0 Å².